The van der Waals surface area contributed by atoms with Crippen molar-refractivity contribution in [1.82, 2.24) is 10.3 Å². The second-order valence-electron chi connectivity index (χ2n) is 5.48. The van der Waals surface area contributed by atoms with E-state index >= 15 is 0 Å². The summed E-state index contributed by atoms with van der Waals surface area (Å²) >= 11 is 0. The van der Waals surface area contributed by atoms with Crippen LogP contribution in [0.3, 0.4) is 0 Å². The number of Topliss-reactive ketones (excluding diaryl/α,β-unsaturated/α-hetero) is 1. The Morgan fingerprint density at radius 1 is 1.17 bits per heavy atom. The molecule has 0 spiro atoms. The largest absolute Gasteiger partial charge is 0.352 e. The molecule has 5 heteroatoms. The van der Waals surface area contributed by atoms with Gasteiger partial charge in [0.05, 0.1) is 0 Å². The molecule has 0 unspecified atom stereocenters. The van der Waals surface area contributed by atoms with E-state index in [1.165, 1.54) is 12.1 Å². The van der Waals surface area contributed by atoms with Crippen molar-refractivity contribution in [2.45, 2.75) is 33.2 Å². The maximum Gasteiger partial charge on any atom is 0.220 e. The predicted octanol–water partition coefficient (Wildman–Crippen LogP) is 3.12. The quantitative estimate of drug-likeness (QED) is 0.833. The number of carbonyl (C=O) groups is 2. The minimum Gasteiger partial charge on any atom is -0.352 e. The number of nitrogens with one attached hydrogen (secondary N) is 1. The number of carbonyl (C=O) groups excluding carboxylic acids is 2. The summed E-state index contributed by atoms with van der Waals surface area (Å²) in [6.07, 6.45) is 3.55. The molecule has 0 atom stereocenters. The zero-order chi connectivity index (χ0) is 16.8. The lowest BCUT2D eigenvalue weighted by atomic mass is 9.96. The number of hydrogen-bond acceptors (Lipinski definition) is 3. The highest BCUT2D eigenvalue weighted by atomic mass is 19.1. The Bertz CT molecular complexity index is 691. The lowest BCUT2D eigenvalue weighted by Crippen LogP contribution is -2.23. The van der Waals surface area contributed by atoms with Crippen LogP contribution < -0.4 is 5.32 Å². The standard InChI is InChI=1S/C18H19FN2O2/c1-12-8-15(19)9-13(2)18(12)16(22)5-6-17(23)21-11-14-4-3-7-20-10-14/h3-4,7-10H,5-6,11H2,1-2H3,(H,21,23). The van der Waals surface area contributed by atoms with Gasteiger partial charge in [-0.3, -0.25) is 14.6 Å². The number of rotatable bonds is 6. The van der Waals surface area contributed by atoms with Crippen molar-refractivity contribution in [3.05, 3.63) is 64.7 Å². The van der Waals surface area contributed by atoms with Crippen molar-refractivity contribution in [2.75, 3.05) is 0 Å². The van der Waals surface area contributed by atoms with Gasteiger partial charge in [0.25, 0.3) is 0 Å². The monoisotopic (exact) mass is 314 g/mol. The highest BCUT2D eigenvalue weighted by Crippen LogP contribution is 2.18. The molecule has 1 N–H and O–H groups in total. The minimum absolute atomic E-state index is 0.103. The molecule has 23 heavy (non-hydrogen) atoms. The van der Waals surface area contributed by atoms with Gasteiger partial charge in [0.15, 0.2) is 5.78 Å². The molecule has 2 aromatic rings. The number of pyridine rings is 1. The minimum atomic E-state index is -0.356. The van der Waals surface area contributed by atoms with Crippen molar-refractivity contribution >= 4 is 11.7 Å². The van der Waals surface area contributed by atoms with Crippen LogP contribution in [0.25, 0.3) is 0 Å². The number of aryl methyl sites for hydroxylation is 2. The first-order valence-corrected chi connectivity index (χ1v) is 7.43. The number of aromatic nitrogens is 1. The molecule has 1 heterocycles. The summed E-state index contributed by atoms with van der Waals surface area (Å²) in [4.78, 5) is 28.1. The van der Waals surface area contributed by atoms with Crippen LogP contribution in [-0.2, 0) is 11.3 Å². The third kappa shape index (κ3) is 4.71. The first-order chi connectivity index (χ1) is 11.0. The van der Waals surface area contributed by atoms with E-state index in [2.05, 4.69) is 10.3 Å². The van der Waals surface area contributed by atoms with E-state index in [1.807, 2.05) is 6.07 Å². The molecule has 0 radical (unpaired) electrons. The molecular formula is C18H19FN2O2. The Labute approximate surface area is 134 Å². The maximum absolute atomic E-state index is 13.3. The van der Waals surface area contributed by atoms with Gasteiger partial charge in [0.2, 0.25) is 5.91 Å². The molecule has 0 bridgehead atoms. The van der Waals surface area contributed by atoms with Crippen molar-refractivity contribution in [2.24, 2.45) is 0 Å². The first kappa shape index (κ1) is 16.8. The van der Waals surface area contributed by atoms with Gasteiger partial charge in [0, 0.05) is 37.3 Å². The SMILES string of the molecule is Cc1cc(F)cc(C)c1C(=O)CCC(=O)NCc1cccnc1. The fourth-order valence-electron chi connectivity index (χ4n) is 2.49. The van der Waals surface area contributed by atoms with Crippen LogP contribution in [0, 0.1) is 19.7 Å². The lowest BCUT2D eigenvalue weighted by Gasteiger charge is -2.09. The second-order valence-corrected chi connectivity index (χ2v) is 5.48. The molecule has 1 aromatic carbocycles. The normalized spacial score (nSPS) is 10.4. The molecule has 2 rings (SSSR count). The number of hydrogen-bond donors (Lipinski definition) is 1. The Kier molecular flexibility index (Phi) is 5.57. The van der Waals surface area contributed by atoms with E-state index in [0.29, 0.717) is 23.2 Å². The van der Waals surface area contributed by atoms with Crippen LogP contribution in [0.2, 0.25) is 0 Å². The van der Waals surface area contributed by atoms with Gasteiger partial charge in [-0.15, -0.1) is 0 Å². The fourth-order valence-corrected chi connectivity index (χ4v) is 2.49. The molecule has 0 aliphatic carbocycles. The molecular weight excluding hydrogens is 295 g/mol. The number of ketones is 1. The molecule has 120 valence electrons. The average Bonchev–Trinajstić information content (AvgIpc) is 2.51. The average molecular weight is 314 g/mol. The van der Waals surface area contributed by atoms with E-state index in [-0.39, 0.29) is 30.3 Å². The molecule has 0 saturated carbocycles. The van der Waals surface area contributed by atoms with Crippen LogP contribution in [0.5, 0.6) is 0 Å². The van der Waals surface area contributed by atoms with Crippen LogP contribution in [0.15, 0.2) is 36.7 Å². The Morgan fingerprint density at radius 2 is 1.87 bits per heavy atom. The highest BCUT2D eigenvalue weighted by Gasteiger charge is 2.15. The van der Waals surface area contributed by atoms with Crippen molar-refractivity contribution in [3.8, 4) is 0 Å². The molecule has 4 nitrogen and oxygen atoms in total. The van der Waals surface area contributed by atoms with Gasteiger partial charge in [-0.25, -0.2) is 4.39 Å². The number of halogens is 1. The molecule has 0 fully saturated rings. The molecule has 0 saturated heterocycles. The molecule has 1 aromatic heterocycles. The summed E-state index contributed by atoms with van der Waals surface area (Å²) in [6.45, 7) is 3.78. The summed E-state index contributed by atoms with van der Waals surface area (Å²) in [5, 5.41) is 2.75. The van der Waals surface area contributed by atoms with Crippen LogP contribution in [0.1, 0.15) is 39.9 Å². The summed E-state index contributed by atoms with van der Waals surface area (Å²) < 4.78 is 13.3. The van der Waals surface area contributed by atoms with Gasteiger partial charge in [0.1, 0.15) is 5.82 Å². The van der Waals surface area contributed by atoms with E-state index in [1.54, 1.807) is 32.3 Å². The third-order valence-corrected chi connectivity index (χ3v) is 3.57. The van der Waals surface area contributed by atoms with Crippen LogP contribution in [0.4, 0.5) is 4.39 Å². The summed E-state index contributed by atoms with van der Waals surface area (Å²) in [5.41, 5.74) is 2.61. The van der Waals surface area contributed by atoms with Gasteiger partial charge in [-0.1, -0.05) is 6.07 Å². The molecule has 1 amide bonds. The molecule has 0 aliphatic rings. The van der Waals surface area contributed by atoms with Gasteiger partial charge in [-0.2, -0.15) is 0 Å². The van der Waals surface area contributed by atoms with Crippen LogP contribution >= 0.6 is 0 Å². The summed E-state index contributed by atoms with van der Waals surface area (Å²) in [6, 6.07) is 6.33. The number of nitrogens with zero attached hydrogens (tertiary/aromatic N) is 1. The topological polar surface area (TPSA) is 59.1 Å². The van der Waals surface area contributed by atoms with Crippen molar-refractivity contribution in [3.63, 3.8) is 0 Å². The van der Waals surface area contributed by atoms with Gasteiger partial charge in [-0.05, 0) is 48.7 Å². The van der Waals surface area contributed by atoms with Crippen LogP contribution in [-0.4, -0.2) is 16.7 Å². The van der Waals surface area contributed by atoms with Gasteiger partial charge < -0.3 is 5.32 Å². The summed E-state index contributed by atoms with van der Waals surface area (Å²) in [7, 11) is 0. The van der Waals surface area contributed by atoms with Gasteiger partial charge >= 0.3 is 0 Å². The van der Waals surface area contributed by atoms with E-state index in [4.69, 9.17) is 0 Å². The van der Waals surface area contributed by atoms with Crippen molar-refractivity contribution in [1.29, 1.82) is 0 Å². The Hall–Kier alpha value is -2.56. The lowest BCUT2D eigenvalue weighted by molar-refractivity contribution is -0.121. The zero-order valence-corrected chi connectivity index (χ0v) is 13.2. The Morgan fingerprint density at radius 3 is 2.48 bits per heavy atom. The smallest absolute Gasteiger partial charge is 0.220 e. The number of amides is 1. The van der Waals surface area contributed by atoms with E-state index < -0.39 is 0 Å². The summed E-state index contributed by atoms with van der Waals surface area (Å²) in [5.74, 6) is -0.693. The predicted molar refractivity (Wildman–Crippen MR) is 85.5 cm³/mol. The molecule has 0 aliphatic heterocycles. The third-order valence-electron chi connectivity index (χ3n) is 3.57. The first-order valence-electron chi connectivity index (χ1n) is 7.43. The number of benzene rings is 1. The zero-order valence-electron chi connectivity index (χ0n) is 13.2. The van der Waals surface area contributed by atoms with E-state index in [9.17, 15) is 14.0 Å². The Balaban J connectivity index is 1.88. The maximum atomic E-state index is 13.3. The fraction of sp³-hybridized carbons (Fsp3) is 0.278. The second kappa shape index (κ2) is 7.63. The van der Waals surface area contributed by atoms with E-state index in [0.717, 1.165) is 5.56 Å². The highest BCUT2D eigenvalue weighted by molar-refractivity contribution is 6.00. The van der Waals surface area contributed by atoms with Crippen molar-refractivity contribution < 1.29 is 14.0 Å².